The molecule has 1 aliphatic heterocycles. The van der Waals surface area contributed by atoms with Gasteiger partial charge in [0.2, 0.25) is 0 Å². The fourth-order valence-corrected chi connectivity index (χ4v) is 3.01. The van der Waals surface area contributed by atoms with Crippen LogP contribution in [-0.4, -0.2) is 29.0 Å². The number of anilines is 1. The van der Waals surface area contributed by atoms with Crippen molar-refractivity contribution in [2.75, 3.05) is 18.9 Å². The molecule has 0 bridgehead atoms. The van der Waals surface area contributed by atoms with E-state index in [1.165, 1.54) is 18.0 Å². The minimum atomic E-state index is -0.297. The molecule has 2 heterocycles. The Morgan fingerprint density at radius 2 is 2.04 bits per heavy atom. The van der Waals surface area contributed by atoms with Gasteiger partial charge in [0.05, 0.1) is 6.10 Å². The van der Waals surface area contributed by atoms with Crippen molar-refractivity contribution in [3.05, 3.63) is 53.5 Å². The van der Waals surface area contributed by atoms with Crippen LogP contribution in [0, 0.1) is 12.8 Å². The molecule has 1 aromatic carbocycles. The molecule has 1 fully saturated rings. The Balaban J connectivity index is 1.67. The third-order valence-corrected chi connectivity index (χ3v) is 4.32. The van der Waals surface area contributed by atoms with E-state index in [-0.39, 0.29) is 29.4 Å². The van der Waals surface area contributed by atoms with E-state index in [0.29, 0.717) is 6.54 Å². The number of nitrogen functional groups attached to an aromatic ring is 1. The lowest BCUT2D eigenvalue weighted by molar-refractivity contribution is -0.0272. The van der Waals surface area contributed by atoms with Crippen molar-refractivity contribution in [2.45, 2.75) is 25.9 Å². The number of aryl methyl sites for hydroxylation is 1. The number of benzene rings is 1. The molecule has 6 nitrogen and oxygen atoms in total. The molecule has 1 saturated heterocycles. The molecule has 3 rings (SSSR count). The molecule has 2 atom stereocenters. The van der Waals surface area contributed by atoms with Crippen LogP contribution >= 0.6 is 0 Å². The molecular weight excluding hydrogens is 304 g/mol. The second-order valence-electron chi connectivity index (χ2n) is 6.10. The summed E-state index contributed by atoms with van der Waals surface area (Å²) in [5.74, 6) is 0.0714. The molecule has 6 heteroatoms. The normalized spacial score (nSPS) is 20.5. The van der Waals surface area contributed by atoms with Gasteiger partial charge in [0.25, 0.3) is 5.91 Å². The number of hydrogen-bond donors (Lipinski definition) is 2. The third kappa shape index (κ3) is 3.71. The number of nitrogens with zero attached hydrogens (tertiary/aromatic N) is 2. The molecule has 3 N–H and O–H groups in total. The number of hydrogen-bond acceptors (Lipinski definition) is 5. The van der Waals surface area contributed by atoms with Crippen LogP contribution in [0.25, 0.3) is 0 Å². The van der Waals surface area contributed by atoms with Gasteiger partial charge < -0.3 is 15.8 Å². The number of carbonyl (C=O) groups is 1. The molecule has 2 aromatic rings. The van der Waals surface area contributed by atoms with Crippen molar-refractivity contribution >= 4 is 11.7 Å². The largest absolute Gasteiger partial charge is 0.382 e. The lowest BCUT2D eigenvalue weighted by atomic mass is 9.89. The highest BCUT2D eigenvalue weighted by atomic mass is 16.5. The van der Waals surface area contributed by atoms with E-state index in [1.807, 2.05) is 0 Å². The molecule has 0 spiro atoms. The van der Waals surface area contributed by atoms with Gasteiger partial charge >= 0.3 is 0 Å². The first-order valence-corrected chi connectivity index (χ1v) is 8.18. The number of ether oxygens (including phenoxy) is 1. The predicted molar refractivity (Wildman–Crippen MR) is 91.4 cm³/mol. The van der Waals surface area contributed by atoms with Gasteiger partial charge in [-0.1, -0.05) is 29.8 Å². The van der Waals surface area contributed by atoms with Crippen LogP contribution < -0.4 is 11.1 Å². The number of carbonyl (C=O) groups excluding carboxylic acids is 1. The monoisotopic (exact) mass is 326 g/mol. The Morgan fingerprint density at radius 1 is 1.29 bits per heavy atom. The highest BCUT2D eigenvalue weighted by Crippen LogP contribution is 2.33. The standard InChI is InChI=1S/C18H22N4O2/c1-12-4-6-13(7-5-12)16-14(3-2-10-24-16)11-22-18(23)15-17(19)21-9-8-20-15/h4-9,14,16H,2-3,10-11H2,1H3,(H2,19,21)(H,22,23). The van der Waals surface area contributed by atoms with E-state index in [0.717, 1.165) is 25.0 Å². The predicted octanol–water partition coefficient (Wildman–Crippen LogP) is 2.26. The van der Waals surface area contributed by atoms with Gasteiger partial charge in [0, 0.05) is 31.5 Å². The van der Waals surface area contributed by atoms with E-state index in [9.17, 15) is 4.79 Å². The fourth-order valence-electron chi connectivity index (χ4n) is 3.01. The zero-order chi connectivity index (χ0) is 16.9. The Kier molecular flexibility index (Phi) is 5.05. The molecule has 1 aromatic heterocycles. The van der Waals surface area contributed by atoms with Crippen molar-refractivity contribution < 1.29 is 9.53 Å². The molecule has 1 amide bonds. The third-order valence-electron chi connectivity index (χ3n) is 4.32. The first-order valence-electron chi connectivity index (χ1n) is 8.18. The Hall–Kier alpha value is -2.47. The number of amides is 1. The Labute approximate surface area is 141 Å². The maximum Gasteiger partial charge on any atom is 0.273 e. The van der Waals surface area contributed by atoms with Gasteiger partial charge in [0.1, 0.15) is 0 Å². The van der Waals surface area contributed by atoms with Crippen LogP contribution in [0.15, 0.2) is 36.7 Å². The molecule has 1 aliphatic rings. The number of rotatable bonds is 4. The highest BCUT2D eigenvalue weighted by molar-refractivity contribution is 5.96. The molecule has 0 saturated carbocycles. The van der Waals surface area contributed by atoms with Gasteiger partial charge in [-0.3, -0.25) is 4.79 Å². The molecule has 0 radical (unpaired) electrons. The lowest BCUT2D eigenvalue weighted by Crippen LogP contribution is -2.35. The number of nitrogens with two attached hydrogens (primary N) is 1. The van der Waals surface area contributed by atoms with E-state index in [1.54, 1.807) is 0 Å². The first-order chi connectivity index (χ1) is 11.6. The van der Waals surface area contributed by atoms with E-state index in [4.69, 9.17) is 10.5 Å². The molecular formula is C18H22N4O2. The minimum absolute atomic E-state index is 0.00106. The Morgan fingerprint density at radius 3 is 2.79 bits per heavy atom. The minimum Gasteiger partial charge on any atom is -0.382 e. The van der Waals surface area contributed by atoms with Gasteiger partial charge in [-0.25, -0.2) is 9.97 Å². The van der Waals surface area contributed by atoms with Crippen LogP contribution in [-0.2, 0) is 4.74 Å². The van der Waals surface area contributed by atoms with Gasteiger partial charge in [-0.15, -0.1) is 0 Å². The maximum absolute atomic E-state index is 12.3. The summed E-state index contributed by atoms with van der Waals surface area (Å²) in [5, 5.41) is 2.92. The summed E-state index contributed by atoms with van der Waals surface area (Å²) in [6, 6.07) is 8.37. The quantitative estimate of drug-likeness (QED) is 0.899. The van der Waals surface area contributed by atoms with Gasteiger partial charge in [-0.2, -0.15) is 0 Å². The molecule has 24 heavy (non-hydrogen) atoms. The summed E-state index contributed by atoms with van der Waals surface area (Å²) in [6.07, 6.45) is 4.93. The van der Waals surface area contributed by atoms with Crippen LogP contribution in [0.5, 0.6) is 0 Å². The smallest absolute Gasteiger partial charge is 0.273 e. The maximum atomic E-state index is 12.3. The van der Waals surface area contributed by atoms with Crippen molar-refractivity contribution in [3.63, 3.8) is 0 Å². The second kappa shape index (κ2) is 7.40. The molecule has 126 valence electrons. The van der Waals surface area contributed by atoms with Crippen molar-refractivity contribution in [2.24, 2.45) is 5.92 Å². The van der Waals surface area contributed by atoms with Crippen LogP contribution in [0.1, 0.15) is 40.6 Å². The van der Waals surface area contributed by atoms with Crippen molar-refractivity contribution in [1.82, 2.24) is 15.3 Å². The van der Waals surface area contributed by atoms with E-state index >= 15 is 0 Å². The van der Waals surface area contributed by atoms with Crippen molar-refractivity contribution in [3.8, 4) is 0 Å². The summed E-state index contributed by atoms with van der Waals surface area (Å²) in [7, 11) is 0. The summed E-state index contributed by atoms with van der Waals surface area (Å²) < 4.78 is 5.97. The molecule has 2 unspecified atom stereocenters. The second-order valence-corrected chi connectivity index (χ2v) is 6.10. The highest BCUT2D eigenvalue weighted by Gasteiger charge is 2.28. The van der Waals surface area contributed by atoms with Gasteiger partial charge in [0.15, 0.2) is 11.5 Å². The zero-order valence-corrected chi connectivity index (χ0v) is 13.7. The zero-order valence-electron chi connectivity index (χ0n) is 13.7. The number of nitrogens with one attached hydrogen (secondary N) is 1. The summed E-state index contributed by atoms with van der Waals surface area (Å²) in [5.41, 5.74) is 8.24. The summed E-state index contributed by atoms with van der Waals surface area (Å²) in [6.45, 7) is 3.34. The van der Waals surface area contributed by atoms with E-state index < -0.39 is 0 Å². The van der Waals surface area contributed by atoms with Gasteiger partial charge in [-0.05, 0) is 25.3 Å². The van der Waals surface area contributed by atoms with Crippen molar-refractivity contribution in [1.29, 1.82) is 0 Å². The fraction of sp³-hybridized carbons (Fsp3) is 0.389. The molecule has 0 aliphatic carbocycles. The van der Waals surface area contributed by atoms with Crippen LogP contribution in [0.4, 0.5) is 5.82 Å². The Bertz CT molecular complexity index is 702. The first kappa shape index (κ1) is 16.4. The summed E-state index contributed by atoms with van der Waals surface area (Å²) >= 11 is 0. The number of aromatic nitrogens is 2. The van der Waals surface area contributed by atoms with Crippen LogP contribution in [0.3, 0.4) is 0 Å². The average Bonchev–Trinajstić information content (AvgIpc) is 2.61. The van der Waals surface area contributed by atoms with E-state index in [2.05, 4.69) is 46.5 Å². The average molecular weight is 326 g/mol. The summed E-state index contributed by atoms with van der Waals surface area (Å²) in [4.78, 5) is 20.2. The van der Waals surface area contributed by atoms with Crippen LogP contribution in [0.2, 0.25) is 0 Å². The topological polar surface area (TPSA) is 90.1 Å². The SMILES string of the molecule is Cc1ccc(C2OCCCC2CNC(=O)c2nccnc2N)cc1. The lowest BCUT2D eigenvalue weighted by Gasteiger charge is -2.32.